The summed E-state index contributed by atoms with van der Waals surface area (Å²) in [4.78, 5) is 1.32. The van der Waals surface area contributed by atoms with Gasteiger partial charge < -0.3 is 4.42 Å². The molecule has 0 fully saturated rings. The first-order valence-electron chi connectivity index (χ1n) is 7.03. The third kappa shape index (κ3) is 3.53. The highest BCUT2D eigenvalue weighted by Crippen LogP contribution is 2.32. The molecule has 1 atom stereocenters. The van der Waals surface area contributed by atoms with E-state index in [1.807, 2.05) is 18.5 Å². The molecule has 0 saturated carbocycles. The van der Waals surface area contributed by atoms with E-state index < -0.39 is 0 Å². The number of aryl methyl sites for hydroxylation is 3. The fourth-order valence-corrected chi connectivity index (χ4v) is 3.42. The molecule has 0 saturated heterocycles. The minimum absolute atomic E-state index is 0.0132. The van der Waals surface area contributed by atoms with E-state index in [2.05, 4.69) is 43.2 Å². The van der Waals surface area contributed by atoms with Crippen molar-refractivity contribution in [2.75, 3.05) is 0 Å². The first-order valence-corrected chi connectivity index (χ1v) is 8.79. The normalized spacial score (nSPS) is 12.6. The van der Waals surface area contributed by atoms with Crippen LogP contribution < -0.4 is 0 Å². The maximum atomic E-state index is 5.58. The van der Waals surface area contributed by atoms with Gasteiger partial charge >= 0.3 is 0 Å². The van der Waals surface area contributed by atoms with E-state index in [1.54, 1.807) is 11.3 Å². The molecule has 7 nitrogen and oxygen atoms in total. The molecule has 0 bridgehead atoms. The SMILES string of the molecule is CCc1nnc([C@@H](C)Sc2nnnn2CCc2cccs2)o1. The zero-order valence-corrected chi connectivity index (χ0v) is 14.0. The predicted molar refractivity (Wildman–Crippen MR) is 83.8 cm³/mol. The average Bonchev–Trinajstić information content (AvgIpc) is 3.26. The Balaban J connectivity index is 1.63. The van der Waals surface area contributed by atoms with Gasteiger partial charge in [-0.25, -0.2) is 4.68 Å². The number of tetrazole rings is 1. The molecule has 0 amide bonds. The number of hydrogen-bond acceptors (Lipinski definition) is 8. The van der Waals surface area contributed by atoms with Crippen molar-refractivity contribution in [2.45, 2.75) is 43.6 Å². The van der Waals surface area contributed by atoms with Crippen molar-refractivity contribution in [2.24, 2.45) is 0 Å². The number of nitrogens with zero attached hydrogens (tertiary/aromatic N) is 6. The summed E-state index contributed by atoms with van der Waals surface area (Å²) >= 11 is 3.27. The van der Waals surface area contributed by atoms with Gasteiger partial charge in [-0.15, -0.1) is 26.6 Å². The fraction of sp³-hybridized carbons (Fsp3) is 0.462. The first kappa shape index (κ1) is 15.2. The Morgan fingerprint density at radius 1 is 1.36 bits per heavy atom. The van der Waals surface area contributed by atoms with Crippen molar-refractivity contribution >= 4 is 23.1 Å². The summed E-state index contributed by atoms with van der Waals surface area (Å²) in [6.07, 6.45) is 1.66. The van der Waals surface area contributed by atoms with E-state index in [1.165, 1.54) is 16.6 Å². The van der Waals surface area contributed by atoms with Crippen molar-refractivity contribution in [1.29, 1.82) is 0 Å². The average molecular weight is 336 g/mol. The lowest BCUT2D eigenvalue weighted by Crippen LogP contribution is -2.05. The minimum Gasteiger partial charge on any atom is -0.424 e. The minimum atomic E-state index is 0.0132. The molecular formula is C13H16N6OS2. The van der Waals surface area contributed by atoms with Crippen LogP contribution in [-0.2, 0) is 19.4 Å². The van der Waals surface area contributed by atoms with Gasteiger partial charge in [0.05, 0.1) is 11.8 Å². The van der Waals surface area contributed by atoms with E-state index in [-0.39, 0.29) is 5.25 Å². The highest BCUT2D eigenvalue weighted by molar-refractivity contribution is 7.99. The topological polar surface area (TPSA) is 82.5 Å². The predicted octanol–water partition coefficient (Wildman–Crippen LogP) is 2.78. The summed E-state index contributed by atoms with van der Waals surface area (Å²) in [5, 5.41) is 22.8. The Morgan fingerprint density at radius 3 is 3.00 bits per heavy atom. The quantitative estimate of drug-likeness (QED) is 0.613. The van der Waals surface area contributed by atoms with Crippen LogP contribution in [0.4, 0.5) is 0 Å². The summed E-state index contributed by atoms with van der Waals surface area (Å²) in [5.74, 6) is 1.26. The Labute approximate surface area is 136 Å². The Kier molecular flexibility index (Phi) is 4.84. The van der Waals surface area contributed by atoms with Gasteiger partial charge in [0, 0.05) is 17.7 Å². The molecule has 9 heteroatoms. The highest BCUT2D eigenvalue weighted by Gasteiger charge is 2.18. The second-order valence-electron chi connectivity index (χ2n) is 4.66. The maximum Gasteiger partial charge on any atom is 0.229 e. The molecule has 22 heavy (non-hydrogen) atoms. The van der Waals surface area contributed by atoms with Gasteiger partial charge in [0.1, 0.15) is 0 Å². The van der Waals surface area contributed by atoms with Gasteiger partial charge in [-0.1, -0.05) is 24.8 Å². The number of aromatic nitrogens is 6. The van der Waals surface area contributed by atoms with Gasteiger partial charge in [0.25, 0.3) is 0 Å². The van der Waals surface area contributed by atoms with Gasteiger partial charge in [0.15, 0.2) is 0 Å². The second-order valence-corrected chi connectivity index (χ2v) is 7.00. The summed E-state index contributed by atoms with van der Waals surface area (Å²) in [6, 6.07) is 4.17. The summed E-state index contributed by atoms with van der Waals surface area (Å²) in [6.45, 7) is 4.75. The van der Waals surface area contributed by atoms with Crippen LogP contribution in [0.1, 0.15) is 35.8 Å². The molecule has 0 unspecified atom stereocenters. The van der Waals surface area contributed by atoms with Crippen LogP contribution in [0.25, 0.3) is 0 Å². The molecule has 0 aromatic carbocycles. The lowest BCUT2D eigenvalue weighted by Gasteiger charge is -2.06. The smallest absolute Gasteiger partial charge is 0.229 e. The standard InChI is InChI=1S/C13H16N6OS2/c1-3-11-14-15-12(20-11)9(2)22-13-16-17-18-19(13)7-6-10-5-4-8-21-10/h4-5,8-9H,3,6-7H2,1-2H3/t9-/m1/s1. The van der Waals surface area contributed by atoms with Crippen molar-refractivity contribution in [3.8, 4) is 0 Å². The van der Waals surface area contributed by atoms with Crippen LogP contribution in [0, 0.1) is 0 Å². The molecule has 3 rings (SSSR count). The number of rotatable bonds is 7. The van der Waals surface area contributed by atoms with Crippen LogP contribution in [-0.4, -0.2) is 30.4 Å². The van der Waals surface area contributed by atoms with Crippen LogP contribution in [0.15, 0.2) is 27.1 Å². The summed E-state index contributed by atoms with van der Waals surface area (Å²) in [5.41, 5.74) is 0. The van der Waals surface area contributed by atoms with Crippen LogP contribution in [0.3, 0.4) is 0 Å². The molecule has 116 valence electrons. The summed E-state index contributed by atoms with van der Waals surface area (Å²) in [7, 11) is 0. The largest absolute Gasteiger partial charge is 0.424 e. The number of hydrogen-bond donors (Lipinski definition) is 0. The van der Waals surface area contributed by atoms with E-state index in [9.17, 15) is 0 Å². The molecule has 0 radical (unpaired) electrons. The molecule has 3 heterocycles. The third-order valence-corrected chi connectivity index (χ3v) is 5.06. The zero-order valence-electron chi connectivity index (χ0n) is 12.3. The Morgan fingerprint density at radius 2 is 2.27 bits per heavy atom. The van der Waals surface area contributed by atoms with Gasteiger partial charge in [-0.05, 0) is 28.8 Å². The summed E-state index contributed by atoms with van der Waals surface area (Å²) < 4.78 is 7.40. The van der Waals surface area contributed by atoms with Gasteiger partial charge in [-0.3, -0.25) is 0 Å². The van der Waals surface area contributed by atoms with Crippen LogP contribution >= 0.6 is 23.1 Å². The number of thiophene rings is 1. The lowest BCUT2D eigenvalue weighted by molar-refractivity contribution is 0.455. The highest BCUT2D eigenvalue weighted by atomic mass is 32.2. The Bertz CT molecular complexity index is 708. The molecule has 0 N–H and O–H groups in total. The molecule has 0 aliphatic rings. The monoisotopic (exact) mass is 336 g/mol. The van der Waals surface area contributed by atoms with Crippen molar-refractivity contribution in [3.05, 3.63) is 34.2 Å². The third-order valence-electron chi connectivity index (χ3n) is 3.06. The van der Waals surface area contributed by atoms with Crippen LogP contribution in [0.2, 0.25) is 0 Å². The van der Waals surface area contributed by atoms with Crippen molar-refractivity contribution < 1.29 is 4.42 Å². The fourth-order valence-electron chi connectivity index (χ4n) is 1.87. The van der Waals surface area contributed by atoms with Crippen LogP contribution in [0.5, 0.6) is 0 Å². The molecule has 0 aliphatic heterocycles. The van der Waals surface area contributed by atoms with Gasteiger partial charge in [0.2, 0.25) is 16.9 Å². The van der Waals surface area contributed by atoms with E-state index in [0.717, 1.165) is 24.5 Å². The second kappa shape index (κ2) is 7.01. The van der Waals surface area contributed by atoms with E-state index in [4.69, 9.17) is 4.42 Å². The molecular weight excluding hydrogens is 320 g/mol. The Hall–Kier alpha value is -1.74. The van der Waals surface area contributed by atoms with Crippen molar-refractivity contribution in [3.63, 3.8) is 0 Å². The van der Waals surface area contributed by atoms with Crippen molar-refractivity contribution in [1.82, 2.24) is 30.4 Å². The lowest BCUT2D eigenvalue weighted by atomic mass is 10.3. The first-order chi connectivity index (χ1) is 10.8. The molecule has 3 aromatic heterocycles. The van der Waals surface area contributed by atoms with E-state index in [0.29, 0.717) is 11.8 Å². The molecule has 0 spiro atoms. The molecule has 0 aliphatic carbocycles. The zero-order chi connectivity index (χ0) is 15.4. The maximum absolute atomic E-state index is 5.58. The van der Waals surface area contributed by atoms with Gasteiger partial charge in [-0.2, -0.15) is 0 Å². The molecule has 3 aromatic rings. The number of thioether (sulfide) groups is 1. The van der Waals surface area contributed by atoms with E-state index >= 15 is 0 Å².